The summed E-state index contributed by atoms with van der Waals surface area (Å²) in [5.41, 5.74) is 0. The fraction of sp³-hybridized carbons (Fsp3) is 0.333. The van der Waals surface area contributed by atoms with Gasteiger partial charge in [0, 0.05) is 0 Å². The predicted octanol–water partition coefficient (Wildman–Crippen LogP) is 1.73. The van der Waals surface area contributed by atoms with Crippen molar-refractivity contribution in [1.82, 2.24) is 0 Å². The van der Waals surface area contributed by atoms with E-state index in [9.17, 15) is 0 Å². The van der Waals surface area contributed by atoms with Crippen LogP contribution in [0.2, 0.25) is 17.2 Å². The Morgan fingerprint density at radius 1 is 1.18 bits per heavy atom. The number of hydrogen-bond acceptors (Lipinski definition) is 0. The van der Waals surface area contributed by atoms with Crippen molar-refractivity contribution < 1.29 is 0 Å². The zero-order valence-electron chi connectivity index (χ0n) is 7.09. The number of rotatable bonds is 2. The molecule has 11 heavy (non-hydrogen) atoms. The molecule has 0 N–H and O–H groups in total. The zero-order valence-corrected chi connectivity index (χ0v) is 10.9. The minimum absolute atomic E-state index is 1.01. The molecular formula is C9H13SiSn. The molecule has 57 valence electrons. The van der Waals surface area contributed by atoms with Crippen molar-refractivity contribution in [3.63, 3.8) is 0 Å². The second kappa shape index (κ2) is 3.76. The van der Waals surface area contributed by atoms with Crippen molar-refractivity contribution in [2.24, 2.45) is 0 Å². The van der Waals surface area contributed by atoms with E-state index in [0.29, 0.717) is 0 Å². The van der Waals surface area contributed by atoms with Gasteiger partial charge in [-0.05, 0) is 0 Å². The summed E-state index contributed by atoms with van der Waals surface area (Å²) < 4.78 is 1.42. The summed E-state index contributed by atoms with van der Waals surface area (Å²) in [7, 11) is -1.01. The van der Waals surface area contributed by atoms with E-state index in [1.165, 1.54) is 4.06 Å². The van der Waals surface area contributed by atoms with E-state index in [-0.39, 0.29) is 0 Å². The van der Waals surface area contributed by atoms with Crippen LogP contribution in [0.5, 0.6) is 0 Å². The van der Waals surface area contributed by atoms with Crippen molar-refractivity contribution in [2.75, 3.05) is 0 Å². The van der Waals surface area contributed by atoms with Gasteiger partial charge in [-0.25, -0.2) is 0 Å². The maximum atomic E-state index is 2.44. The molecule has 0 aliphatic heterocycles. The first kappa shape index (κ1) is 9.32. The zero-order chi connectivity index (χ0) is 8.32. The minimum atomic E-state index is -1.01. The van der Waals surface area contributed by atoms with Crippen LogP contribution in [0.25, 0.3) is 0 Å². The molecule has 0 bridgehead atoms. The van der Waals surface area contributed by atoms with Gasteiger partial charge in [-0.1, -0.05) is 0 Å². The molecule has 1 rings (SSSR count). The molecule has 0 unspecified atom stereocenters. The van der Waals surface area contributed by atoms with E-state index >= 15 is 0 Å². The Morgan fingerprint density at radius 3 is 2.18 bits per heavy atom. The van der Waals surface area contributed by atoms with E-state index in [1.807, 2.05) is 0 Å². The third kappa shape index (κ3) is 2.34. The van der Waals surface area contributed by atoms with Crippen molar-refractivity contribution in [2.45, 2.75) is 17.2 Å². The van der Waals surface area contributed by atoms with Crippen LogP contribution in [0.15, 0.2) is 30.3 Å². The van der Waals surface area contributed by atoms with Crippen molar-refractivity contribution in [3.05, 3.63) is 30.3 Å². The molecule has 0 saturated carbocycles. The standard InChI is InChI=1S/C9H13Si.Sn/c1-10(2,3)9-7-5-4-6-8-9;/h4-8H,1H2,2-3H3;. The quantitative estimate of drug-likeness (QED) is 0.716. The fourth-order valence-corrected chi connectivity index (χ4v) is 4.04. The van der Waals surface area contributed by atoms with Gasteiger partial charge in [-0.2, -0.15) is 0 Å². The third-order valence-electron chi connectivity index (χ3n) is 2.00. The Hall–Kier alpha value is 0.236. The second-order valence-electron chi connectivity index (χ2n) is 3.43. The van der Waals surface area contributed by atoms with E-state index in [0.717, 1.165) is 0 Å². The molecule has 0 aliphatic carbocycles. The van der Waals surface area contributed by atoms with Crippen molar-refractivity contribution >= 4 is 35.8 Å². The average molecular weight is 268 g/mol. The molecule has 2 heteroatoms. The summed E-state index contributed by atoms with van der Waals surface area (Å²) in [6.07, 6.45) is 0. The molecule has 0 saturated heterocycles. The Bertz CT molecular complexity index is 218. The van der Waals surface area contributed by atoms with Gasteiger partial charge in [0.1, 0.15) is 0 Å². The van der Waals surface area contributed by atoms with Crippen LogP contribution in [0.1, 0.15) is 0 Å². The molecule has 0 atom stereocenters. The van der Waals surface area contributed by atoms with Crippen LogP contribution in [0, 0.1) is 0 Å². The summed E-state index contributed by atoms with van der Waals surface area (Å²) in [5.74, 6) is 0. The molecule has 1 aromatic carbocycles. The van der Waals surface area contributed by atoms with Gasteiger partial charge in [0.2, 0.25) is 0 Å². The summed E-state index contributed by atoms with van der Waals surface area (Å²) in [4.78, 5) is 0. The Morgan fingerprint density at radius 2 is 1.73 bits per heavy atom. The third-order valence-corrected chi connectivity index (χ3v) is 12.3. The molecule has 0 spiro atoms. The van der Waals surface area contributed by atoms with Gasteiger partial charge < -0.3 is 0 Å². The number of benzene rings is 1. The first-order valence-corrected chi connectivity index (χ1v) is 9.09. The predicted molar refractivity (Wildman–Crippen MR) is 54.1 cm³/mol. The van der Waals surface area contributed by atoms with Crippen LogP contribution in [0.4, 0.5) is 0 Å². The van der Waals surface area contributed by atoms with Crippen LogP contribution < -0.4 is 5.19 Å². The molecule has 0 amide bonds. The Labute approximate surface area is 83.1 Å². The van der Waals surface area contributed by atoms with Crippen LogP contribution >= 0.6 is 0 Å². The summed E-state index contributed by atoms with van der Waals surface area (Å²) in [5, 5.41) is 1.59. The van der Waals surface area contributed by atoms with Gasteiger partial charge in [-0.15, -0.1) is 0 Å². The van der Waals surface area contributed by atoms with E-state index in [4.69, 9.17) is 0 Å². The summed E-state index contributed by atoms with van der Waals surface area (Å²) >= 11 is 1.68. The SMILES string of the molecule is C[Si](C)([CH2][Sn])c1ccccc1. The van der Waals surface area contributed by atoms with Gasteiger partial charge in [0.15, 0.2) is 0 Å². The summed E-state index contributed by atoms with van der Waals surface area (Å²) in [6, 6.07) is 10.9. The monoisotopic (exact) mass is 269 g/mol. The van der Waals surface area contributed by atoms with Crippen LogP contribution in [-0.2, 0) is 0 Å². The average Bonchev–Trinajstić information content (AvgIpc) is 2.06. The fourth-order valence-electron chi connectivity index (χ4n) is 0.991. The van der Waals surface area contributed by atoms with Crippen molar-refractivity contribution in [1.29, 1.82) is 0 Å². The normalized spacial score (nSPS) is 11.5. The molecule has 0 fully saturated rings. The molecular weight excluding hydrogens is 255 g/mol. The van der Waals surface area contributed by atoms with Gasteiger partial charge in [-0.3, -0.25) is 0 Å². The van der Waals surface area contributed by atoms with Crippen LogP contribution in [0.3, 0.4) is 0 Å². The van der Waals surface area contributed by atoms with Crippen molar-refractivity contribution in [3.8, 4) is 0 Å². The molecule has 0 nitrogen and oxygen atoms in total. The molecule has 0 aliphatic rings. The van der Waals surface area contributed by atoms with E-state index < -0.39 is 8.07 Å². The first-order valence-electron chi connectivity index (χ1n) is 3.87. The molecule has 0 aromatic heterocycles. The van der Waals surface area contributed by atoms with E-state index in [1.54, 1.807) is 27.7 Å². The topological polar surface area (TPSA) is 0 Å². The molecule has 0 heterocycles. The second-order valence-corrected chi connectivity index (χ2v) is 11.2. The van der Waals surface area contributed by atoms with Gasteiger partial charge in [0.25, 0.3) is 0 Å². The van der Waals surface area contributed by atoms with Gasteiger partial charge >= 0.3 is 83.3 Å². The number of hydrogen-bond donors (Lipinski definition) is 0. The van der Waals surface area contributed by atoms with Crippen LogP contribution in [-0.4, -0.2) is 30.6 Å². The summed E-state index contributed by atoms with van der Waals surface area (Å²) in [6.45, 7) is 4.88. The van der Waals surface area contributed by atoms with E-state index in [2.05, 4.69) is 43.4 Å². The Balaban J connectivity index is 2.93. The maximum absolute atomic E-state index is 2.44. The Kier molecular flexibility index (Phi) is 3.19. The molecule has 3 radical (unpaired) electrons. The van der Waals surface area contributed by atoms with Gasteiger partial charge in [0.05, 0.1) is 0 Å². The molecule has 1 aromatic rings. The first-order chi connectivity index (χ1) is 5.17.